The second kappa shape index (κ2) is 12.1. The SMILES string of the molecule is O=C(NCc1cccc(O)c1)c1ccc(C(=O)N[C@@H](CNC(=O)c2cccc(Cl)c2)C(=O)O)c(Cl)c1. The quantitative estimate of drug-likeness (QED) is 0.287. The molecular weight excluding hydrogens is 509 g/mol. The van der Waals surface area contributed by atoms with Crippen molar-refractivity contribution in [2.24, 2.45) is 0 Å². The number of halogens is 2. The van der Waals surface area contributed by atoms with Gasteiger partial charge in [-0.1, -0.05) is 41.4 Å². The van der Waals surface area contributed by atoms with Crippen molar-refractivity contribution < 1.29 is 29.4 Å². The zero-order chi connectivity index (χ0) is 26.2. The summed E-state index contributed by atoms with van der Waals surface area (Å²) in [6, 6.07) is 15.0. The Kier molecular flexibility index (Phi) is 8.88. The third-order valence-corrected chi connectivity index (χ3v) is 5.54. The fourth-order valence-electron chi connectivity index (χ4n) is 3.15. The van der Waals surface area contributed by atoms with Gasteiger partial charge >= 0.3 is 5.97 Å². The first-order chi connectivity index (χ1) is 17.1. The number of carboxylic acids is 1. The van der Waals surface area contributed by atoms with Gasteiger partial charge in [0.1, 0.15) is 11.8 Å². The Morgan fingerprint density at radius 1 is 0.806 bits per heavy atom. The van der Waals surface area contributed by atoms with Crippen LogP contribution in [0.3, 0.4) is 0 Å². The van der Waals surface area contributed by atoms with Crippen LogP contribution in [-0.2, 0) is 11.3 Å². The largest absolute Gasteiger partial charge is 0.508 e. The van der Waals surface area contributed by atoms with Gasteiger partial charge < -0.3 is 26.2 Å². The molecule has 0 saturated heterocycles. The number of rotatable bonds is 9. The fraction of sp³-hybridized carbons (Fsp3) is 0.120. The Balaban J connectivity index is 1.61. The molecule has 3 aromatic carbocycles. The third kappa shape index (κ3) is 7.21. The summed E-state index contributed by atoms with van der Waals surface area (Å²) in [5.41, 5.74) is 1.06. The van der Waals surface area contributed by atoms with Crippen molar-refractivity contribution in [3.05, 3.63) is 99.0 Å². The van der Waals surface area contributed by atoms with Gasteiger partial charge in [0.25, 0.3) is 17.7 Å². The van der Waals surface area contributed by atoms with E-state index in [1.807, 2.05) is 0 Å². The molecule has 0 aliphatic rings. The molecule has 3 aromatic rings. The average molecular weight is 530 g/mol. The van der Waals surface area contributed by atoms with Crippen molar-refractivity contribution >= 4 is 46.9 Å². The number of phenolic OH excluding ortho intramolecular Hbond substituents is 1. The van der Waals surface area contributed by atoms with Gasteiger partial charge in [-0.3, -0.25) is 14.4 Å². The van der Waals surface area contributed by atoms with E-state index in [-0.39, 0.29) is 40.6 Å². The van der Waals surface area contributed by atoms with E-state index in [1.165, 1.54) is 42.5 Å². The number of carbonyl (C=O) groups excluding carboxylic acids is 3. The number of aliphatic carboxylic acids is 1. The van der Waals surface area contributed by atoms with Crippen LogP contribution in [0, 0.1) is 0 Å². The van der Waals surface area contributed by atoms with Crippen LogP contribution in [0.4, 0.5) is 0 Å². The summed E-state index contributed by atoms with van der Waals surface area (Å²) >= 11 is 12.0. The van der Waals surface area contributed by atoms with Crippen molar-refractivity contribution in [2.75, 3.05) is 6.54 Å². The Labute approximate surface area is 216 Å². The number of amides is 3. The Hall–Kier alpha value is -4.08. The predicted octanol–water partition coefficient (Wildman–Crippen LogP) is 3.24. The van der Waals surface area contributed by atoms with E-state index in [0.29, 0.717) is 10.6 Å². The first-order valence-corrected chi connectivity index (χ1v) is 11.3. The predicted molar refractivity (Wildman–Crippen MR) is 133 cm³/mol. The van der Waals surface area contributed by atoms with Gasteiger partial charge in [0, 0.05) is 29.2 Å². The summed E-state index contributed by atoms with van der Waals surface area (Å²) in [5, 5.41) is 26.7. The standard InChI is InChI=1S/C25H21Cl2N3O6/c26-17-5-2-4-15(10-17)22(32)29-13-21(25(35)36)30-24(34)19-8-7-16(11-20(19)27)23(33)28-12-14-3-1-6-18(31)9-14/h1-11,21,31H,12-13H2,(H,28,33)(H,29,32)(H,30,34)(H,35,36)/t21-/m0/s1. The summed E-state index contributed by atoms with van der Waals surface area (Å²) < 4.78 is 0. The van der Waals surface area contributed by atoms with E-state index in [9.17, 15) is 29.4 Å². The highest BCUT2D eigenvalue weighted by atomic mass is 35.5. The highest BCUT2D eigenvalue weighted by molar-refractivity contribution is 6.34. The van der Waals surface area contributed by atoms with E-state index in [2.05, 4.69) is 16.0 Å². The first kappa shape index (κ1) is 26.5. The molecule has 0 radical (unpaired) electrons. The van der Waals surface area contributed by atoms with Crippen LogP contribution in [0.1, 0.15) is 36.6 Å². The number of carboxylic acid groups (broad SMARTS) is 1. The number of phenols is 1. The lowest BCUT2D eigenvalue weighted by Crippen LogP contribution is -2.48. The molecule has 3 rings (SSSR count). The molecule has 0 aliphatic heterocycles. The van der Waals surface area contributed by atoms with E-state index >= 15 is 0 Å². The van der Waals surface area contributed by atoms with Crippen molar-refractivity contribution in [2.45, 2.75) is 12.6 Å². The molecule has 11 heteroatoms. The van der Waals surface area contributed by atoms with Crippen LogP contribution in [-0.4, -0.2) is 46.5 Å². The Morgan fingerprint density at radius 2 is 1.50 bits per heavy atom. The minimum Gasteiger partial charge on any atom is -0.508 e. The fourth-order valence-corrected chi connectivity index (χ4v) is 3.61. The maximum atomic E-state index is 12.7. The molecule has 0 heterocycles. The molecule has 1 atom stereocenters. The van der Waals surface area contributed by atoms with E-state index in [0.717, 1.165) is 0 Å². The van der Waals surface area contributed by atoms with Crippen LogP contribution in [0.15, 0.2) is 66.7 Å². The zero-order valence-electron chi connectivity index (χ0n) is 18.6. The lowest BCUT2D eigenvalue weighted by Gasteiger charge is -2.16. The van der Waals surface area contributed by atoms with Crippen LogP contribution < -0.4 is 16.0 Å². The lowest BCUT2D eigenvalue weighted by molar-refractivity contribution is -0.139. The van der Waals surface area contributed by atoms with Gasteiger partial charge in [-0.25, -0.2) is 4.79 Å². The first-order valence-electron chi connectivity index (χ1n) is 10.6. The van der Waals surface area contributed by atoms with Crippen LogP contribution in [0.5, 0.6) is 5.75 Å². The van der Waals surface area contributed by atoms with Crippen molar-refractivity contribution in [3.8, 4) is 5.75 Å². The van der Waals surface area contributed by atoms with Crippen LogP contribution >= 0.6 is 23.2 Å². The summed E-state index contributed by atoms with van der Waals surface area (Å²) in [5.74, 6) is -3.11. The van der Waals surface area contributed by atoms with Gasteiger partial charge in [0.2, 0.25) is 0 Å². The molecule has 0 fully saturated rings. The highest BCUT2D eigenvalue weighted by Crippen LogP contribution is 2.19. The number of aromatic hydroxyl groups is 1. The van der Waals surface area contributed by atoms with E-state index in [4.69, 9.17) is 23.2 Å². The molecule has 0 saturated carbocycles. The molecule has 186 valence electrons. The van der Waals surface area contributed by atoms with Gasteiger partial charge in [-0.2, -0.15) is 0 Å². The third-order valence-electron chi connectivity index (χ3n) is 5.00. The number of nitrogens with one attached hydrogen (secondary N) is 3. The molecule has 9 nitrogen and oxygen atoms in total. The van der Waals surface area contributed by atoms with E-state index < -0.39 is 29.7 Å². The van der Waals surface area contributed by atoms with Crippen LogP contribution in [0.2, 0.25) is 10.0 Å². The van der Waals surface area contributed by atoms with Gasteiger partial charge in [-0.05, 0) is 54.1 Å². The normalized spacial score (nSPS) is 11.3. The van der Waals surface area contributed by atoms with Gasteiger partial charge in [0.05, 0.1) is 10.6 Å². The molecule has 0 aliphatic carbocycles. The molecule has 3 amide bonds. The molecule has 5 N–H and O–H groups in total. The molecule has 0 bridgehead atoms. The number of benzene rings is 3. The second-order valence-electron chi connectivity index (χ2n) is 7.63. The van der Waals surface area contributed by atoms with Crippen molar-refractivity contribution in [3.63, 3.8) is 0 Å². The molecule has 0 spiro atoms. The van der Waals surface area contributed by atoms with Crippen molar-refractivity contribution in [1.82, 2.24) is 16.0 Å². The summed E-state index contributed by atoms with van der Waals surface area (Å²) in [6.07, 6.45) is 0. The molecule has 0 unspecified atom stereocenters. The average Bonchev–Trinajstić information content (AvgIpc) is 2.84. The van der Waals surface area contributed by atoms with Crippen LogP contribution in [0.25, 0.3) is 0 Å². The maximum absolute atomic E-state index is 12.7. The summed E-state index contributed by atoms with van der Waals surface area (Å²) in [7, 11) is 0. The summed E-state index contributed by atoms with van der Waals surface area (Å²) in [4.78, 5) is 48.9. The Morgan fingerprint density at radius 3 is 2.17 bits per heavy atom. The van der Waals surface area contributed by atoms with Gasteiger partial charge in [-0.15, -0.1) is 0 Å². The highest BCUT2D eigenvalue weighted by Gasteiger charge is 2.23. The lowest BCUT2D eigenvalue weighted by atomic mass is 10.1. The summed E-state index contributed by atoms with van der Waals surface area (Å²) in [6.45, 7) is -0.228. The number of carbonyl (C=O) groups is 4. The van der Waals surface area contributed by atoms with E-state index in [1.54, 1.807) is 24.3 Å². The zero-order valence-corrected chi connectivity index (χ0v) is 20.1. The van der Waals surface area contributed by atoms with Crippen molar-refractivity contribution in [1.29, 1.82) is 0 Å². The molecule has 0 aromatic heterocycles. The monoisotopic (exact) mass is 529 g/mol. The second-order valence-corrected chi connectivity index (χ2v) is 8.48. The Bertz CT molecular complexity index is 1310. The molecule has 36 heavy (non-hydrogen) atoms. The number of hydrogen-bond acceptors (Lipinski definition) is 5. The smallest absolute Gasteiger partial charge is 0.328 e. The molecular formula is C25H21Cl2N3O6. The minimum atomic E-state index is -1.44. The van der Waals surface area contributed by atoms with Gasteiger partial charge in [0.15, 0.2) is 0 Å². The maximum Gasteiger partial charge on any atom is 0.328 e. The topological polar surface area (TPSA) is 145 Å². The number of hydrogen-bond donors (Lipinski definition) is 5. The minimum absolute atomic E-state index is 0.0476.